The molecule has 5 nitrogen and oxygen atoms in total. The standard InChI is InChI=1S/C25H26Cl2N2O3S2/c1-16(2)29(34(31,32)23-14-18(26)8-9-21(23)27)15-24(30)28-12-10-22-20(11-13-33-22)25(28)19-7-5-4-6-17(19)3/h4-9,11,13-14,16,25H,10,12,15H2,1-3H3. The van der Waals surface area contributed by atoms with Crippen LogP contribution in [0.3, 0.4) is 0 Å². The van der Waals surface area contributed by atoms with Gasteiger partial charge in [0.25, 0.3) is 0 Å². The number of thiophene rings is 1. The second kappa shape index (κ2) is 9.99. The summed E-state index contributed by atoms with van der Waals surface area (Å²) < 4.78 is 28.3. The maximum atomic E-state index is 13.7. The summed E-state index contributed by atoms with van der Waals surface area (Å²) in [5.74, 6) is -0.250. The van der Waals surface area contributed by atoms with Gasteiger partial charge < -0.3 is 4.90 Å². The second-order valence-corrected chi connectivity index (χ2v) is 12.3. The molecular weight excluding hydrogens is 511 g/mol. The molecule has 9 heteroatoms. The molecule has 2 aromatic carbocycles. The van der Waals surface area contributed by atoms with Crippen LogP contribution >= 0.6 is 34.5 Å². The Kier molecular flexibility index (Phi) is 7.41. The predicted octanol–water partition coefficient (Wildman–Crippen LogP) is 5.94. The van der Waals surface area contributed by atoms with Gasteiger partial charge in [-0.3, -0.25) is 4.79 Å². The Bertz CT molecular complexity index is 1320. The van der Waals surface area contributed by atoms with Crippen LogP contribution in [-0.4, -0.2) is 42.7 Å². The topological polar surface area (TPSA) is 57.7 Å². The summed E-state index contributed by atoms with van der Waals surface area (Å²) in [6.07, 6.45) is 0.746. The van der Waals surface area contributed by atoms with E-state index < -0.39 is 16.1 Å². The van der Waals surface area contributed by atoms with Crippen molar-refractivity contribution < 1.29 is 13.2 Å². The minimum Gasteiger partial charge on any atom is -0.330 e. The minimum atomic E-state index is -4.06. The van der Waals surface area contributed by atoms with E-state index in [0.717, 1.165) is 23.1 Å². The molecule has 1 aliphatic rings. The van der Waals surface area contributed by atoms with Crippen molar-refractivity contribution in [1.82, 2.24) is 9.21 Å². The van der Waals surface area contributed by atoms with Crippen LogP contribution in [0.1, 0.15) is 41.5 Å². The van der Waals surface area contributed by atoms with Crippen LogP contribution in [0, 0.1) is 6.92 Å². The lowest BCUT2D eigenvalue weighted by molar-refractivity contribution is -0.133. The number of nitrogens with zero attached hydrogens (tertiary/aromatic N) is 2. The Balaban J connectivity index is 1.71. The van der Waals surface area contributed by atoms with Gasteiger partial charge in [-0.15, -0.1) is 11.3 Å². The summed E-state index contributed by atoms with van der Waals surface area (Å²) in [5, 5.41) is 2.38. The minimum absolute atomic E-state index is 0.0705. The van der Waals surface area contributed by atoms with Gasteiger partial charge in [0.2, 0.25) is 15.9 Å². The molecule has 180 valence electrons. The third kappa shape index (κ3) is 4.77. The van der Waals surface area contributed by atoms with Crippen molar-refractivity contribution in [2.75, 3.05) is 13.1 Å². The van der Waals surface area contributed by atoms with Crippen LogP contribution in [0.25, 0.3) is 0 Å². The molecule has 0 aliphatic carbocycles. The number of hydrogen-bond donors (Lipinski definition) is 0. The second-order valence-electron chi connectivity index (χ2n) is 8.61. The maximum absolute atomic E-state index is 13.7. The van der Waals surface area contributed by atoms with E-state index in [2.05, 4.69) is 11.4 Å². The smallest absolute Gasteiger partial charge is 0.245 e. The molecule has 0 radical (unpaired) electrons. The number of hydrogen-bond acceptors (Lipinski definition) is 4. The van der Waals surface area contributed by atoms with Crippen LogP contribution in [0.2, 0.25) is 10.0 Å². The first-order chi connectivity index (χ1) is 16.1. The fraction of sp³-hybridized carbons (Fsp3) is 0.320. The Hall–Kier alpha value is -1.90. The highest BCUT2D eigenvalue weighted by atomic mass is 35.5. The van der Waals surface area contributed by atoms with E-state index in [-0.39, 0.29) is 33.4 Å². The van der Waals surface area contributed by atoms with Gasteiger partial charge in [-0.2, -0.15) is 4.31 Å². The first kappa shape index (κ1) is 25.2. The number of halogens is 2. The van der Waals surface area contributed by atoms with Crippen molar-refractivity contribution >= 4 is 50.5 Å². The van der Waals surface area contributed by atoms with Crippen LogP contribution in [0.5, 0.6) is 0 Å². The van der Waals surface area contributed by atoms with Crippen LogP contribution in [0.15, 0.2) is 58.8 Å². The largest absolute Gasteiger partial charge is 0.330 e. The molecule has 4 rings (SSSR count). The maximum Gasteiger partial charge on any atom is 0.245 e. The Morgan fingerprint density at radius 2 is 1.88 bits per heavy atom. The molecule has 3 aromatic rings. The molecule has 1 atom stereocenters. The Morgan fingerprint density at radius 3 is 2.59 bits per heavy atom. The van der Waals surface area contributed by atoms with Gasteiger partial charge in [-0.1, -0.05) is 47.5 Å². The van der Waals surface area contributed by atoms with Gasteiger partial charge in [-0.05, 0) is 73.5 Å². The van der Waals surface area contributed by atoms with E-state index in [1.54, 1.807) is 25.2 Å². The molecule has 1 aliphatic heterocycles. The highest BCUT2D eigenvalue weighted by Crippen LogP contribution is 2.39. The van der Waals surface area contributed by atoms with Crippen molar-refractivity contribution in [2.45, 2.75) is 44.2 Å². The van der Waals surface area contributed by atoms with Gasteiger partial charge in [0.1, 0.15) is 4.90 Å². The molecular formula is C25H26Cl2N2O3S2. The van der Waals surface area contributed by atoms with Gasteiger partial charge in [-0.25, -0.2) is 8.42 Å². The van der Waals surface area contributed by atoms with Crippen LogP contribution in [-0.2, 0) is 21.2 Å². The number of fused-ring (bicyclic) bond motifs is 1. The lowest BCUT2D eigenvalue weighted by Crippen LogP contribution is -2.48. The van der Waals surface area contributed by atoms with E-state index >= 15 is 0 Å². The third-order valence-corrected chi connectivity index (χ3v) is 9.85. The predicted molar refractivity (Wildman–Crippen MR) is 138 cm³/mol. The number of sulfonamides is 1. The van der Waals surface area contributed by atoms with E-state index in [1.165, 1.54) is 27.4 Å². The van der Waals surface area contributed by atoms with Crippen molar-refractivity contribution in [3.8, 4) is 0 Å². The zero-order chi connectivity index (χ0) is 24.6. The third-order valence-electron chi connectivity index (χ3n) is 6.12. The van der Waals surface area contributed by atoms with Gasteiger partial charge in [0, 0.05) is 22.5 Å². The quantitative estimate of drug-likeness (QED) is 0.391. The molecule has 0 saturated heterocycles. The molecule has 1 unspecified atom stereocenters. The highest BCUT2D eigenvalue weighted by Gasteiger charge is 2.37. The number of carbonyl (C=O) groups excluding carboxylic acids is 1. The van der Waals surface area contributed by atoms with Crippen LogP contribution in [0.4, 0.5) is 0 Å². The average Bonchev–Trinajstić information content (AvgIpc) is 3.27. The number of benzene rings is 2. The summed E-state index contributed by atoms with van der Waals surface area (Å²) in [6, 6.07) is 13.7. The Labute approximate surface area is 215 Å². The summed E-state index contributed by atoms with van der Waals surface area (Å²) in [6.45, 7) is 5.76. The molecule has 0 saturated carbocycles. The SMILES string of the molecule is Cc1ccccc1C1c2ccsc2CCN1C(=O)CN(C(C)C)S(=O)(=O)c1cc(Cl)ccc1Cl. The van der Waals surface area contributed by atoms with Gasteiger partial charge in [0.05, 0.1) is 17.6 Å². The lowest BCUT2D eigenvalue weighted by atomic mass is 9.90. The molecule has 0 spiro atoms. The molecule has 0 bridgehead atoms. The highest BCUT2D eigenvalue weighted by molar-refractivity contribution is 7.89. The first-order valence-electron chi connectivity index (χ1n) is 11.0. The normalized spacial score (nSPS) is 16.2. The van der Waals surface area contributed by atoms with Gasteiger partial charge in [0.15, 0.2) is 0 Å². The number of rotatable bonds is 6. The van der Waals surface area contributed by atoms with E-state index in [1.807, 2.05) is 36.1 Å². The summed E-state index contributed by atoms with van der Waals surface area (Å²) in [4.78, 5) is 16.7. The molecule has 34 heavy (non-hydrogen) atoms. The molecule has 2 heterocycles. The number of amides is 1. The van der Waals surface area contributed by atoms with Crippen molar-refractivity contribution in [2.24, 2.45) is 0 Å². The summed E-state index contributed by atoms with van der Waals surface area (Å²) >= 11 is 14.0. The van der Waals surface area contributed by atoms with Crippen molar-refractivity contribution in [3.05, 3.63) is 85.5 Å². The monoisotopic (exact) mass is 536 g/mol. The summed E-state index contributed by atoms with van der Waals surface area (Å²) in [5.41, 5.74) is 3.24. The fourth-order valence-electron chi connectivity index (χ4n) is 4.38. The zero-order valence-electron chi connectivity index (χ0n) is 19.2. The summed E-state index contributed by atoms with van der Waals surface area (Å²) in [7, 11) is -4.06. The fourth-order valence-corrected chi connectivity index (χ4v) is 7.61. The van der Waals surface area contributed by atoms with E-state index in [4.69, 9.17) is 23.2 Å². The molecule has 1 aromatic heterocycles. The molecule has 0 N–H and O–H groups in total. The number of aryl methyl sites for hydroxylation is 1. The molecule has 0 fully saturated rings. The molecule has 1 amide bonds. The van der Waals surface area contributed by atoms with E-state index in [0.29, 0.717) is 6.54 Å². The van der Waals surface area contributed by atoms with Crippen molar-refractivity contribution in [1.29, 1.82) is 0 Å². The van der Waals surface area contributed by atoms with Crippen LogP contribution < -0.4 is 0 Å². The average molecular weight is 538 g/mol. The first-order valence-corrected chi connectivity index (χ1v) is 14.1. The van der Waals surface area contributed by atoms with Crippen molar-refractivity contribution in [3.63, 3.8) is 0 Å². The lowest BCUT2D eigenvalue weighted by Gasteiger charge is -2.38. The zero-order valence-corrected chi connectivity index (χ0v) is 22.3. The Morgan fingerprint density at radius 1 is 1.15 bits per heavy atom. The van der Waals surface area contributed by atoms with E-state index in [9.17, 15) is 13.2 Å². The van der Waals surface area contributed by atoms with Gasteiger partial charge >= 0.3 is 0 Å². The number of carbonyl (C=O) groups is 1.